The second-order valence-corrected chi connectivity index (χ2v) is 8.46. The summed E-state index contributed by atoms with van der Waals surface area (Å²) >= 11 is 0. The lowest BCUT2D eigenvalue weighted by molar-refractivity contribution is -0.126. The van der Waals surface area contributed by atoms with Gasteiger partial charge in [-0.3, -0.25) is 9.59 Å². The van der Waals surface area contributed by atoms with Gasteiger partial charge in [0.1, 0.15) is 18.2 Å². The number of carbonyl (C=O) groups is 4. The molecule has 11 heteroatoms. The molecule has 192 valence electrons. The fourth-order valence-corrected chi connectivity index (χ4v) is 2.42. The van der Waals surface area contributed by atoms with Crippen LogP contribution in [0, 0.1) is 0 Å². The molecule has 0 heterocycles. The Balaban J connectivity index is 0.00000343. The Morgan fingerprint density at radius 3 is 2.15 bits per heavy atom. The number of urea groups is 1. The highest BCUT2D eigenvalue weighted by atomic mass is 16.6. The Morgan fingerprint density at radius 1 is 1.06 bits per heavy atom. The Morgan fingerprint density at radius 2 is 1.65 bits per heavy atom. The Bertz CT molecular complexity index is 777. The van der Waals surface area contributed by atoms with Gasteiger partial charge in [0.05, 0.1) is 6.61 Å². The fourth-order valence-electron chi connectivity index (χ4n) is 2.42. The highest BCUT2D eigenvalue weighted by Gasteiger charge is 2.22. The highest BCUT2D eigenvalue weighted by molar-refractivity contribution is 5.97. The SMILES string of the molecule is CC(C)(C)OC(=O)NCC(=O)N[C@@H](CCCNC(N)=O)C(=O)Nc1ccc(CO)cc1.CCC. The molecular weight excluding hydrogens is 442 g/mol. The number of primary amides is 1. The number of alkyl carbamates (subject to hydrolysis) is 1. The molecule has 7 N–H and O–H groups in total. The third-order valence-corrected chi connectivity index (χ3v) is 3.82. The van der Waals surface area contributed by atoms with Crippen molar-refractivity contribution in [2.24, 2.45) is 5.73 Å². The van der Waals surface area contributed by atoms with Gasteiger partial charge in [0.25, 0.3) is 0 Å². The predicted molar refractivity (Wildman–Crippen MR) is 130 cm³/mol. The zero-order valence-electron chi connectivity index (χ0n) is 20.7. The van der Waals surface area contributed by atoms with Crippen LogP contribution in [-0.4, -0.2) is 53.8 Å². The lowest BCUT2D eigenvalue weighted by atomic mass is 10.1. The van der Waals surface area contributed by atoms with E-state index in [4.69, 9.17) is 15.6 Å². The van der Waals surface area contributed by atoms with Crippen molar-refractivity contribution < 1.29 is 29.0 Å². The summed E-state index contributed by atoms with van der Waals surface area (Å²) in [6, 6.07) is 4.97. The van der Waals surface area contributed by atoms with Crippen molar-refractivity contribution in [3.05, 3.63) is 29.8 Å². The van der Waals surface area contributed by atoms with Crippen LogP contribution in [0.15, 0.2) is 24.3 Å². The second-order valence-electron chi connectivity index (χ2n) is 8.46. The molecule has 0 saturated heterocycles. The third kappa shape index (κ3) is 15.5. The van der Waals surface area contributed by atoms with Crippen molar-refractivity contribution in [3.63, 3.8) is 0 Å². The molecule has 0 aliphatic rings. The van der Waals surface area contributed by atoms with E-state index in [1.54, 1.807) is 45.0 Å². The van der Waals surface area contributed by atoms with E-state index in [2.05, 4.69) is 35.1 Å². The number of hydrogen-bond acceptors (Lipinski definition) is 6. The first-order chi connectivity index (χ1) is 15.9. The number of carbonyl (C=O) groups excluding carboxylic acids is 4. The summed E-state index contributed by atoms with van der Waals surface area (Å²) in [4.78, 5) is 47.4. The smallest absolute Gasteiger partial charge is 0.408 e. The summed E-state index contributed by atoms with van der Waals surface area (Å²) < 4.78 is 5.06. The van der Waals surface area contributed by atoms with E-state index in [1.165, 1.54) is 6.42 Å². The molecule has 0 bridgehead atoms. The van der Waals surface area contributed by atoms with E-state index in [1.807, 2.05) is 0 Å². The molecule has 1 aromatic rings. The van der Waals surface area contributed by atoms with Gasteiger partial charge in [0.15, 0.2) is 0 Å². The molecule has 1 rings (SSSR count). The van der Waals surface area contributed by atoms with E-state index in [0.717, 1.165) is 0 Å². The average Bonchev–Trinajstić information content (AvgIpc) is 2.74. The third-order valence-electron chi connectivity index (χ3n) is 3.82. The van der Waals surface area contributed by atoms with Gasteiger partial charge in [-0.05, 0) is 51.3 Å². The van der Waals surface area contributed by atoms with Crippen LogP contribution in [0.4, 0.5) is 15.3 Å². The van der Waals surface area contributed by atoms with Gasteiger partial charge in [0.2, 0.25) is 11.8 Å². The highest BCUT2D eigenvalue weighted by Crippen LogP contribution is 2.11. The Kier molecular flexibility index (Phi) is 14.7. The zero-order chi connectivity index (χ0) is 26.1. The first-order valence-electron chi connectivity index (χ1n) is 11.2. The maximum absolute atomic E-state index is 12.7. The fraction of sp³-hybridized carbons (Fsp3) is 0.565. The molecule has 0 aliphatic carbocycles. The first kappa shape index (κ1) is 30.7. The van der Waals surface area contributed by atoms with Crippen molar-refractivity contribution >= 4 is 29.6 Å². The number of ether oxygens (including phenoxy) is 1. The lowest BCUT2D eigenvalue weighted by Crippen LogP contribution is -2.48. The van der Waals surface area contributed by atoms with Gasteiger partial charge in [-0.25, -0.2) is 9.59 Å². The largest absolute Gasteiger partial charge is 0.444 e. The van der Waals surface area contributed by atoms with Crippen LogP contribution in [-0.2, 0) is 20.9 Å². The number of hydrogen-bond donors (Lipinski definition) is 6. The molecule has 0 saturated carbocycles. The van der Waals surface area contributed by atoms with Crippen molar-refractivity contribution in [1.82, 2.24) is 16.0 Å². The number of rotatable bonds is 10. The summed E-state index contributed by atoms with van der Waals surface area (Å²) in [5.41, 5.74) is 5.49. The molecule has 11 nitrogen and oxygen atoms in total. The minimum Gasteiger partial charge on any atom is -0.444 e. The van der Waals surface area contributed by atoms with E-state index in [9.17, 15) is 19.2 Å². The minimum atomic E-state index is -0.917. The second kappa shape index (κ2) is 16.3. The number of benzene rings is 1. The Labute approximate surface area is 201 Å². The molecule has 0 aromatic heterocycles. The summed E-state index contributed by atoms with van der Waals surface area (Å²) in [5.74, 6) is -1.05. The number of nitrogens with one attached hydrogen (secondary N) is 4. The van der Waals surface area contributed by atoms with Gasteiger partial charge >= 0.3 is 12.1 Å². The van der Waals surface area contributed by atoms with Crippen molar-refractivity contribution in [1.29, 1.82) is 0 Å². The van der Waals surface area contributed by atoms with Crippen LogP contribution in [0.25, 0.3) is 0 Å². The summed E-state index contributed by atoms with van der Waals surface area (Å²) in [6.07, 6.45) is 1.10. The minimum absolute atomic E-state index is 0.121. The first-order valence-corrected chi connectivity index (χ1v) is 11.2. The molecule has 1 atom stereocenters. The molecule has 0 aliphatic heterocycles. The average molecular weight is 482 g/mol. The predicted octanol–water partition coefficient (Wildman–Crippen LogP) is 1.99. The normalized spacial score (nSPS) is 11.2. The molecular formula is C23H39N5O6. The standard InChI is InChI=1S/C20H31N5O6.C3H8/c1-20(2,3)31-19(30)23-11-16(27)25-15(5-4-10-22-18(21)29)17(28)24-14-8-6-13(12-26)7-9-14;1-3-2/h6-9,15,26H,4-5,10-12H2,1-3H3,(H,23,30)(H,24,28)(H,25,27)(H3,21,22,29);3H2,1-2H3/t15-;/m0./s1. The molecule has 0 radical (unpaired) electrons. The number of amides is 5. The zero-order valence-corrected chi connectivity index (χ0v) is 20.7. The van der Waals surface area contributed by atoms with Gasteiger partial charge in [-0.2, -0.15) is 0 Å². The Hall–Kier alpha value is -3.34. The molecule has 0 unspecified atom stereocenters. The van der Waals surface area contributed by atoms with Crippen molar-refractivity contribution in [3.8, 4) is 0 Å². The van der Waals surface area contributed by atoms with Crippen LogP contribution >= 0.6 is 0 Å². The van der Waals surface area contributed by atoms with E-state index >= 15 is 0 Å². The molecule has 0 spiro atoms. The summed E-state index contributed by atoms with van der Waals surface area (Å²) in [7, 11) is 0. The van der Waals surface area contributed by atoms with E-state index in [0.29, 0.717) is 17.7 Å². The van der Waals surface area contributed by atoms with E-state index in [-0.39, 0.29) is 26.1 Å². The molecule has 0 fully saturated rings. The molecule has 5 amide bonds. The van der Waals surface area contributed by atoms with Gasteiger partial charge in [-0.15, -0.1) is 0 Å². The van der Waals surface area contributed by atoms with Crippen LogP contribution in [0.1, 0.15) is 59.4 Å². The number of anilines is 1. The van der Waals surface area contributed by atoms with Gasteiger partial charge in [-0.1, -0.05) is 32.4 Å². The van der Waals surface area contributed by atoms with Crippen LogP contribution in [0.5, 0.6) is 0 Å². The monoisotopic (exact) mass is 481 g/mol. The number of aliphatic hydroxyl groups is 1. The number of aliphatic hydroxyl groups excluding tert-OH is 1. The molecule has 1 aromatic carbocycles. The quantitative estimate of drug-likeness (QED) is 0.279. The van der Waals surface area contributed by atoms with Gasteiger partial charge in [0, 0.05) is 12.2 Å². The maximum atomic E-state index is 12.7. The summed E-state index contributed by atoms with van der Waals surface area (Å²) in [5, 5.41) is 19.1. The van der Waals surface area contributed by atoms with Gasteiger partial charge < -0.3 is 36.8 Å². The maximum Gasteiger partial charge on any atom is 0.408 e. The van der Waals surface area contributed by atoms with Crippen LogP contribution in [0.3, 0.4) is 0 Å². The van der Waals surface area contributed by atoms with E-state index < -0.39 is 35.6 Å². The van der Waals surface area contributed by atoms with Crippen LogP contribution < -0.4 is 27.0 Å². The van der Waals surface area contributed by atoms with Crippen molar-refractivity contribution in [2.45, 2.75) is 72.1 Å². The van der Waals surface area contributed by atoms with Crippen LogP contribution in [0.2, 0.25) is 0 Å². The lowest BCUT2D eigenvalue weighted by Gasteiger charge is -2.21. The summed E-state index contributed by atoms with van der Waals surface area (Å²) in [6.45, 7) is 9.07. The topological polar surface area (TPSA) is 172 Å². The number of nitrogens with two attached hydrogens (primary N) is 1. The molecule has 34 heavy (non-hydrogen) atoms. The van der Waals surface area contributed by atoms with Crippen molar-refractivity contribution in [2.75, 3.05) is 18.4 Å².